The third kappa shape index (κ3) is 2.88. The molecule has 1 saturated heterocycles. The van der Waals surface area contributed by atoms with Gasteiger partial charge in [-0.15, -0.1) is 0 Å². The lowest BCUT2D eigenvalue weighted by Crippen LogP contribution is -2.40. The molecule has 0 radical (unpaired) electrons. The molecule has 0 aromatic rings. The molecule has 2 amide bonds. The van der Waals surface area contributed by atoms with Gasteiger partial charge in [0.15, 0.2) is 0 Å². The van der Waals surface area contributed by atoms with E-state index in [4.69, 9.17) is 0 Å². The number of nitrogens with zero attached hydrogens (tertiary/aromatic N) is 1. The third-order valence-corrected chi connectivity index (χ3v) is 2.15. The van der Waals surface area contributed by atoms with Gasteiger partial charge < -0.3 is 0 Å². The Labute approximate surface area is 83.2 Å². The molecule has 13 heavy (non-hydrogen) atoms. The van der Waals surface area contributed by atoms with Crippen LogP contribution < -0.4 is 0 Å². The van der Waals surface area contributed by atoms with Gasteiger partial charge in [0.1, 0.15) is 0 Å². The summed E-state index contributed by atoms with van der Waals surface area (Å²) in [6, 6.07) is 0. The number of piperidine rings is 1. The fourth-order valence-corrected chi connectivity index (χ4v) is 1.41. The summed E-state index contributed by atoms with van der Waals surface area (Å²) in [5, 5.41) is 0. The predicted octanol–water partition coefficient (Wildman–Crippen LogP) is 1.01. The van der Waals surface area contributed by atoms with Crippen LogP contribution in [0, 0.1) is 0 Å². The minimum atomic E-state index is -0.0555. The average molecular weight is 199 g/mol. The van der Waals surface area contributed by atoms with E-state index in [2.05, 4.69) is 12.6 Å². The topological polar surface area (TPSA) is 37.4 Å². The lowest BCUT2D eigenvalue weighted by atomic mass is 10.1. The van der Waals surface area contributed by atoms with Crippen molar-refractivity contribution in [2.75, 3.05) is 12.3 Å². The van der Waals surface area contributed by atoms with Crippen molar-refractivity contribution in [3.05, 3.63) is 12.2 Å². The average Bonchev–Trinajstić information content (AvgIpc) is 2.10. The molecule has 0 bridgehead atoms. The van der Waals surface area contributed by atoms with Gasteiger partial charge in [-0.3, -0.25) is 14.5 Å². The molecule has 0 aromatic heterocycles. The highest BCUT2D eigenvalue weighted by atomic mass is 32.1. The number of carbonyl (C=O) groups excluding carboxylic acids is 2. The maximum Gasteiger partial charge on any atom is 0.229 e. The third-order valence-electron chi connectivity index (χ3n) is 1.94. The van der Waals surface area contributed by atoms with Crippen molar-refractivity contribution in [1.82, 2.24) is 4.90 Å². The lowest BCUT2D eigenvalue weighted by molar-refractivity contribution is -0.147. The van der Waals surface area contributed by atoms with Gasteiger partial charge in [-0.25, -0.2) is 0 Å². The Kier molecular flexibility index (Phi) is 4.02. The van der Waals surface area contributed by atoms with Crippen molar-refractivity contribution in [1.29, 1.82) is 0 Å². The van der Waals surface area contributed by atoms with Crippen LogP contribution in [0.2, 0.25) is 0 Å². The van der Waals surface area contributed by atoms with Crippen LogP contribution >= 0.6 is 12.6 Å². The SMILES string of the molecule is O=C1CCCC(=O)N1C/C=C/CS. The Morgan fingerprint density at radius 2 is 1.85 bits per heavy atom. The molecule has 4 heteroatoms. The standard InChI is InChI=1S/C9H13NO2S/c11-8-4-3-5-9(12)10(8)6-1-2-7-13/h1-2,13H,3-7H2/b2-1+. The molecule has 0 spiro atoms. The van der Waals surface area contributed by atoms with E-state index in [9.17, 15) is 9.59 Å². The van der Waals surface area contributed by atoms with Gasteiger partial charge in [-0.05, 0) is 6.42 Å². The van der Waals surface area contributed by atoms with Crippen LogP contribution in [0.1, 0.15) is 19.3 Å². The Bertz CT molecular complexity index is 222. The maximum atomic E-state index is 11.3. The fraction of sp³-hybridized carbons (Fsp3) is 0.556. The van der Waals surface area contributed by atoms with Crippen molar-refractivity contribution < 1.29 is 9.59 Å². The minimum absolute atomic E-state index is 0.0555. The van der Waals surface area contributed by atoms with Crippen LogP contribution in [0.3, 0.4) is 0 Å². The Morgan fingerprint density at radius 1 is 1.23 bits per heavy atom. The molecule has 0 unspecified atom stereocenters. The molecule has 1 aliphatic rings. The van der Waals surface area contributed by atoms with Crippen LogP contribution in [0.5, 0.6) is 0 Å². The highest BCUT2D eigenvalue weighted by Gasteiger charge is 2.24. The number of amides is 2. The van der Waals surface area contributed by atoms with E-state index in [-0.39, 0.29) is 11.8 Å². The summed E-state index contributed by atoms with van der Waals surface area (Å²) in [5.41, 5.74) is 0. The number of thiol groups is 1. The Morgan fingerprint density at radius 3 is 2.38 bits per heavy atom. The summed E-state index contributed by atoms with van der Waals surface area (Å²) >= 11 is 3.99. The van der Waals surface area contributed by atoms with Crippen molar-refractivity contribution in [3.63, 3.8) is 0 Å². The normalized spacial score (nSPS) is 18.7. The van der Waals surface area contributed by atoms with Gasteiger partial charge in [-0.2, -0.15) is 12.6 Å². The molecule has 1 aliphatic heterocycles. The number of hydrogen-bond donors (Lipinski definition) is 1. The monoisotopic (exact) mass is 199 g/mol. The van der Waals surface area contributed by atoms with Crippen molar-refractivity contribution in [3.8, 4) is 0 Å². The molecule has 1 heterocycles. The molecular weight excluding hydrogens is 186 g/mol. The number of carbonyl (C=O) groups is 2. The number of imide groups is 1. The van der Waals surface area contributed by atoms with Gasteiger partial charge in [-0.1, -0.05) is 12.2 Å². The first kappa shape index (κ1) is 10.3. The van der Waals surface area contributed by atoms with E-state index in [1.54, 1.807) is 6.08 Å². The minimum Gasteiger partial charge on any atom is -0.279 e. The van der Waals surface area contributed by atoms with Gasteiger partial charge >= 0.3 is 0 Å². The highest BCUT2D eigenvalue weighted by molar-refractivity contribution is 7.80. The molecule has 1 rings (SSSR count). The van der Waals surface area contributed by atoms with Crippen LogP contribution in [-0.2, 0) is 9.59 Å². The van der Waals surface area contributed by atoms with Crippen LogP contribution in [0.15, 0.2) is 12.2 Å². The largest absolute Gasteiger partial charge is 0.279 e. The Hall–Kier alpha value is -0.770. The second-order valence-electron chi connectivity index (χ2n) is 2.91. The fourth-order valence-electron chi connectivity index (χ4n) is 1.26. The molecule has 0 saturated carbocycles. The van der Waals surface area contributed by atoms with Gasteiger partial charge in [0.2, 0.25) is 11.8 Å². The van der Waals surface area contributed by atoms with Crippen LogP contribution in [0.4, 0.5) is 0 Å². The van der Waals surface area contributed by atoms with E-state index in [0.29, 0.717) is 31.6 Å². The van der Waals surface area contributed by atoms with Gasteiger partial charge in [0.25, 0.3) is 0 Å². The quantitative estimate of drug-likeness (QED) is 0.418. The zero-order valence-corrected chi connectivity index (χ0v) is 8.30. The number of rotatable bonds is 3. The Balaban J connectivity index is 2.49. The molecule has 0 N–H and O–H groups in total. The zero-order valence-electron chi connectivity index (χ0n) is 7.40. The van der Waals surface area contributed by atoms with Crippen molar-refractivity contribution in [2.24, 2.45) is 0 Å². The van der Waals surface area contributed by atoms with E-state index >= 15 is 0 Å². The van der Waals surface area contributed by atoms with E-state index in [1.165, 1.54) is 4.90 Å². The highest BCUT2D eigenvalue weighted by Crippen LogP contribution is 2.11. The number of hydrogen-bond acceptors (Lipinski definition) is 3. The molecular formula is C9H13NO2S. The first-order valence-electron chi connectivity index (χ1n) is 4.34. The second kappa shape index (κ2) is 5.07. The molecule has 3 nitrogen and oxygen atoms in total. The summed E-state index contributed by atoms with van der Waals surface area (Å²) in [6.07, 6.45) is 5.33. The smallest absolute Gasteiger partial charge is 0.229 e. The molecule has 0 aromatic carbocycles. The van der Waals surface area contributed by atoms with Gasteiger partial charge in [0, 0.05) is 25.1 Å². The maximum absolute atomic E-state index is 11.3. The first-order chi connectivity index (χ1) is 6.25. The van der Waals surface area contributed by atoms with Gasteiger partial charge in [0.05, 0.1) is 0 Å². The molecule has 72 valence electrons. The van der Waals surface area contributed by atoms with Crippen LogP contribution in [-0.4, -0.2) is 29.0 Å². The zero-order chi connectivity index (χ0) is 9.68. The lowest BCUT2D eigenvalue weighted by Gasteiger charge is -2.23. The van der Waals surface area contributed by atoms with Crippen molar-refractivity contribution in [2.45, 2.75) is 19.3 Å². The second-order valence-corrected chi connectivity index (χ2v) is 3.27. The molecule has 0 aliphatic carbocycles. The van der Waals surface area contributed by atoms with Crippen molar-refractivity contribution >= 4 is 24.4 Å². The van der Waals surface area contributed by atoms with E-state index in [1.807, 2.05) is 6.08 Å². The predicted molar refractivity (Wildman–Crippen MR) is 53.6 cm³/mol. The number of likely N-dealkylation sites (tertiary alicyclic amines) is 1. The van der Waals surface area contributed by atoms with E-state index in [0.717, 1.165) is 0 Å². The molecule has 0 atom stereocenters. The van der Waals surface area contributed by atoms with Crippen LogP contribution in [0.25, 0.3) is 0 Å². The summed E-state index contributed by atoms with van der Waals surface area (Å²) in [7, 11) is 0. The summed E-state index contributed by atoms with van der Waals surface area (Å²) in [5.74, 6) is 0.524. The summed E-state index contributed by atoms with van der Waals surface area (Å²) in [6.45, 7) is 0.401. The molecule has 1 fully saturated rings. The summed E-state index contributed by atoms with van der Waals surface area (Å²) in [4.78, 5) is 23.8. The first-order valence-corrected chi connectivity index (χ1v) is 4.98. The summed E-state index contributed by atoms with van der Waals surface area (Å²) < 4.78 is 0. The van der Waals surface area contributed by atoms with E-state index < -0.39 is 0 Å².